The minimum absolute atomic E-state index is 0.0221. The molecule has 4 nitrogen and oxygen atoms in total. The molecule has 0 aliphatic rings. The van der Waals surface area contributed by atoms with Crippen molar-refractivity contribution in [3.05, 3.63) is 51.2 Å². The highest BCUT2D eigenvalue weighted by Gasteiger charge is 2.19. The first-order valence-corrected chi connectivity index (χ1v) is 8.02. The molecule has 0 aliphatic heterocycles. The van der Waals surface area contributed by atoms with E-state index in [4.69, 9.17) is 34.8 Å². The Morgan fingerprint density at radius 3 is 2.50 bits per heavy atom. The van der Waals surface area contributed by atoms with Crippen LogP contribution in [0.2, 0.25) is 15.2 Å². The fraction of sp³-hybridized carbons (Fsp3) is 0.0833. The predicted octanol–water partition coefficient (Wildman–Crippen LogP) is 4.15. The lowest BCUT2D eigenvalue weighted by Crippen LogP contribution is -2.14. The van der Waals surface area contributed by atoms with E-state index in [-0.39, 0.29) is 25.8 Å². The first-order chi connectivity index (χ1) is 9.31. The third-order valence-corrected chi connectivity index (χ3v) is 4.89. The van der Waals surface area contributed by atoms with E-state index in [1.54, 1.807) is 19.1 Å². The maximum absolute atomic E-state index is 12.3. The number of halogens is 3. The Labute approximate surface area is 131 Å². The van der Waals surface area contributed by atoms with Crippen molar-refractivity contribution in [1.29, 1.82) is 0 Å². The standard InChI is InChI=1S/C12H9Cl3N2O2S/c1-7-2-3-9(13)12(11(7)15)17-20(18,19)8-4-5-16-10(14)6-8/h2-6,17H,1H3. The Hall–Kier alpha value is -1.01. The Kier molecular flexibility index (Phi) is 4.44. The van der Waals surface area contributed by atoms with E-state index >= 15 is 0 Å². The summed E-state index contributed by atoms with van der Waals surface area (Å²) in [5.74, 6) is 0. The smallest absolute Gasteiger partial charge is 0.262 e. The number of nitrogens with one attached hydrogen (secondary N) is 1. The van der Waals surface area contributed by atoms with Crippen molar-refractivity contribution in [2.75, 3.05) is 4.72 Å². The highest BCUT2D eigenvalue weighted by atomic mass is 35.5. The molecule has 2 aromatic rings. The van der Waals surface area contributed by atoms with E-state index < -0.39 is 10.0 Å². The molecule has 1 heterocycles. The van der Waals surface area contributed by atoms with Crippen LogP contribution < -0.4 is 4.72 Å². The maximum atomic E-state index is 12.3. The van der Waals surface area contributed by atoms with E-state index in [0.717, 1.165) is 0 Å². The van der Waals surface area contributed by atoms with Crippen LogP contribution in [0.5, 0.6) is 0 Å². The van der Waals surface area contributed by atoms with Gasteiger partial charge in [-0.1, -0.05) is 40.9 Å². The van der Waals surface area contributed by atoms with Crippen molar-refractivity contribution in [1.82, 2.24) is 4.98 Å². The molecule has 0 amide bonds. The van der Waals surface area contributed by atoms with Crippen LogP contribution in [-0.2, 0) is 10.0 Å². The summed E-state index contributed by atoms with van der Waals surface area (Å²) in [5, 5.41) is 0.542. The molecule has 0 saturated carbocycles. The van der Waals surface area contributed by atoms with Gasteiger partial charge in [0.2, 0.25) is 0 Å². The topological polar surface area (TPSA) is 59.1 Å². The summed E-state index contributed by atoms with van der Waals surface area (Å²) in [6, 6.07) is 5.83. The molecule has 0 spiro atoms. The Balaban J connectivity index is 2.47. The second kappa shape index (κ2) is 5.77. The molecule has 0 aliphatic carbocycles. The number of anilines is 1. The second-order valence-electron chi connectivity index (χ2n) is 3.97. The Morgan fingerprint density at radius 1 is 1.15 bits per heavy atom. The van der Waals surface area contributed by atoms with Crippen LogP contribution in [0.4, 0.5) is 5.69 Å². The first kappa shape index (κ1) is 15.4. The van der Waals surface area contributed by atoms with Crippen LogP contribution in [0.1, 0.15) is 5.56 Å². The lowest BCUT2D eigenvalue weighted by atomic mass is 10.2. The quantitative estimate of drug-likeness (QED) is 0.845. The lowest BCUT2D eigenvalue weighted by molar-refractivity contribution is 0.601. The Morgan fingerprint density at radius 2 is 1.85 bits per heavy atom. The van der Waals surface area contributed by atoms with Gasteiger partial charge in [0.05, 0.1) is 20.6 Å². The average molecular weight is 352 g/mol. The van der Waals surface area contributed by atoms with Crippen LogP contribution >= 0.6 is 34.8 Å². The van der Waals surface area contributed by atoms with Crippen molar-refractivity contribution in [2.24, 2.45) is 0 Å². The molecule has 8 heteroatoms. The van der Waals surface area contributed by atoms with Gasteiger partial charge in [0.25, 0.3) is 10.0 Å². The molecule has 0 fully saturated rings. The predicted molar refractivity (Wildman–Crippen MR) is 81.3 cm³/mol. The van der Waals surface area contributed by atoms with Gasteiger partial charge in [-0.15, -0.1) is 0 Å². The number of hydrogen-bond donors (Lipinski definition) is 1. The van der Waals surface area contributed by atoms with Crippen LogP contribution in [0.25, 0.3) is 0 Å². The first-order valence-electron chi connectivity index (χ1n) is 5.40. The zero-order valence-electron chi connectivity index (χ0n) is 10.2. The summed E-state index contributed by atoms with van der Waals surface area (Å²) in [6.45, 7) is 1.75. The molecule has 0 bridgehead atoms. The summed E-state index contributed by atoms with van der Waals surface area (Å²) in [6.07, 6.45) is 1.30. The molecular weight excluding hydrogens is 343 g/mol. The summed E-state index contributed by atoms with van der Waals surface area (Å²) in [4.78, 5) is 3.71. The molecule has 0 atom stereocenters. The second-order valence-corrected chi connectivity index (χ2v) is 6.83. The van der Waals surface area contributed by atoms with Crippen molar-refractivity contribution in [2.45, 2.75) is 11.8 Å². The van der Waals surface area contributed by atoms with Crippen LogP contribution in [0.15, 0.2) is 35.4 Å². The van der Waals surface area contributed by atoms with E-state index in [9.17, 15) is 8.42 Å². The summed E-state index contributed by atoms with van der Waals surface area (Å²) in [7, 11) is -3.84. The average Bonchev–Trinajstić information content (AvgIpc) is 2.39. The van der Waals surface area contributed by atoms with E-state index in [1.165, 1.54) is 18.3 Å². The number of aromatic nitrogens is 1. The summed E-state index contributed by atoms with van der Waals surface area (Å²) < 4.78 is 26.9. The van der Waals surface area contributed by atoms with Gasteiger partial charge < -0.3 is 0 Å². The van der Waals surface area contributed by atoms with Gasteiger partial charge in [-0.3, -0.25) is 4.72 Å². The Bertz CT molecular complexity index is 763. The maximum Gasteiger partial charge on any atom is 0.262 e. The van der Waals surface area contributed by atoms with Gasteiger partial charge in [0, 0.05) is 6.20 Å². The zero-order valence-corrected chi connectivity index (χ0v) is 13.3. The zero-order chi connectivity index (χ0) is 14.9. The molecule has 2 rings (SSSR count). The number of rotatable bonds is 3. The van der Waals surface area contributed by atoms with Crippen LogP contribution in [0.3, 0.4) is 0 Å². The molecule has 0 saturated heterocycles. The number of benzene rings is 1. The van der Waals surface area contributed by atoms with E-state index in [0.29, 0.717) is 5.56 Å². The normalized spacial score (nSPS) is 11.4. The van der Waals surface area contributed by atoms with Crippen molar-refractivity contribution in [3.8, 4) is 0 Å². The number of sulfonamides is 1. The van der Waals surface area contributed by atoms with Gasteiger partial charge in [-0.05, 0) is 30.7 Å². The van der Waals surface area contributed by atoms with Crippen LogP contribution in [-0.4, -0.2) is 13.4 Å². The van der Waals surface area contributed by atoms with Crippen molar-refractivity contribution in [3.63, 3.8) is 0 Å². The van der Waals surface area contributed by atoms with Crippen LogP contribution in [0, 0.1) is 6.92 Å². The largest absolute Gasteiger partial charge is 0.277 e. The van der Waals surface area contributed by atoms with Crippen molar-refractivity contribution < 1.29 is 8.42 Å². The minimum atomic E-state index is -3.84. The van der Waals surface area contributed by atoms with Gasteiger partial charge in [0.1, 0.15) is 5.15 Å². The molecule has 1 aromatic carbocycles. The molecule has 0 radical (unpaired) electrons. The SMILES string of the molecule is Cc1ccc(Cl)c(NS(=O)(=O)c2ccnc(Cl)c2)c1Cl. The van der Waals surface area contributed by atoms with Gasteiger partial charge in [-0.2, -0.15) is 0 Å². The summed E-state index contributed by atoms with van der Waals surface area (Å²) in [5.41, 5.74) is 0.850. The highest BCUT2D eigenvalue weighted by Crippen LogP contribution is 2.34. The molecule has 20 heavy (non-hydrogen) atoms. The van der Waals surface area contributed by atoms with Gasteiger partial charge >= 0.3 is 0 Å². The third-order valence-electron chi connectivity index (χ3n) is 2.53. The third kappa shape index (κ3) is 3.17. The lowest BCUT2D eigenvalue weighted by Gasteiger charge is -2.12. The summed E-state index contributed by atoms with van der Waals surface area (Å²) >= 11 is 17.7. The van der Waals surface area contributed by atoms with Gasteiger partial charge in [-0.25, -0.2) is 13.4 Å². The minimum Gasteiger partial charge on any atom is -0.277 e. The number of hydrogen-bond acceptors (Lipinski definition) is 3. The fourth-order valence-corrected chi connectivity index (χ4v) is 3.42. The van der Waals surface area contributed by atoms with E-state index in [1.807, 2.05) is 0 Å². The molecule has 106 valence electrons. The van der Waals surface area contributed by atoms with Gasteiger partial charge in [0.15, 0.2) is 0 Å². The van der Waals surface area contributed by atoms with E-state index in [2.05, 4.69) is 9.71 Å². The number of pyridine rings is 1. The fourth-order valence-electron chi connectivity index (χ4n) is 1.50. The molecule has 0 unspecified atom stereocenters. The molecule has 1 aromatic heterocycles. The highest BCUT2D eigenvalue weighted by molar-refractivity contribution is 7.92. The van der Waals surface area contributed by atoms with Crippen molar-refractivity contribution >= 4 is 50.5 Å². The monoisotopic (exact) mass is 350 g/mol. The molecule has 1 N–H and O–H groups in total. The molecular formula is C12H9Cl3N2O2S. The number of nitrogens with zero attached hydrogens (tertiary/aromatic N) is 1. The number of aryl methyl sites for hydroxylation is 1.